The molecule has 1 saturated heterocycles. The van der Waals surface area contributed by atoms with Gasteiger partial charge in [-0.15, -0.1) is 0 Å². The van der Waals surface area contributed by atoms with Gasteiger partial charge in [-0.05, 0) is 32.1 Å². The lowest BCUT2D eigenvalue weighted by Crippen LogP contribution is -2.42. The lowest BCUT2D eigenvalue weighted by atomic mass is 9.84. The monoisotopic (exact) mass is 264 g/mol. The van der Waals surface area contributed by atoms with E-state index in [4.69, 9.17) is 0 Å². The van der Waals surface area contributed by atoms with Gasteiger partial charge in [0.2, 0.25) is 11.8 Å². The van der Waals surface area contributed by atoms with Gasteiger partial charge in [-0.1, -0.05) is 19.3 Å². The normalized spacial score (nSPS) is 28.4. The largest absolute Gasteiger partial charge is 0.351 e. The molecule has 0 aromatic carbocycles. The van der Waals surface area contributed by atoms with Crippen LogP contribution in [-0.4, -0.2) is 35.8 Å². The summed E-state index contributed by atoms with van der Waals surface area (Å²) in [5.41, 5.74) is 0. The minimum atomic E-state index is 0.192. The third kappa shape index (κ3) is 2.77. The van der Waals surface area contributed by atoms with Crippen LogP contribution in [0.5, 0.6) is 0 Å². The Morgan fingerprint density at radius 1 is 0.895 bits per heavy atom. The SMILES string of the molecule is O=C(N[C@H]1CCN(C(=O)C2CCC2)C1)C1CCCC1. The van der Waals surface area contributed by atoms with E-state index >= 15 is 0 Å². The fourth-order valence-corrected chi connectivity index (χ4v) is 3.50. The van der Waals surface area contributed by atoms with E-state index in [0.717, 1.165) is 45.2 Å². The Labute approximate surface area is 114 Å². The van der Waals surface area contributed by atoms with Crippen molar-refractivity contribution in [2.24, 2.45) is 11.8 Å². The quantitative estimate of drug-likeness (QED) is 0.843. The van der Waals surface area contributed by atoms with Crippen molar-refractivity contribution in [3.63, 3.8) is 0 Å². The van der Waals surface area contributed by atoms with Crippen LogP contribution in [0.25, 0.3) is 0 Å². The second-order valence-corrected chi connectivity index (χ2v) is 6.39. The first-order valence-corrected chi connectivity index (χ1v) is 7.83. The van der Waals surface area contributed by atoms with Gasteiger partial charge in [-0.3, -0.25) is 9.59 Å². The van der Waals surface area contributed by atoms with E-state index in [9.17, 15) is 9.59 Å². The van der Waals surface area contributed by atoms with E-state index in [1.165, 1.54) is 19.3 Å². The molecule has 2 aliphatic carbocycles. The molecule has 3 fully saturated rings. The highest BCUT2D eigenvalue weighted by Crippen LogP contribution is 2.30. The summed E-state index contributed by atoms with van der Waals surface area (Å²) in [7, 11) is 0. The molecule has 106 valence electrons. The molecule has 0 aromatic heterocycles. The maximum atomic E-state index is 12.1. The van der Waals surface area contributed by atoms with E-state index in [1.807, 2.05) is 4.90 Å². The predicted molar refractivity (Wildman–Crippen MR) is 72.4 cm³/mol. The van der Waals surface area contributed by atoms with E-state index in [1.54, 1.807) is 0 Å². The fourth-order valence-electron chi connectivity index (χ4n) is 3.50. The molecule has 0 unspecified atom stereocenters. The van der Waals surface area contributed by atoms with Gasteiger partial charge in [-0.25, -0.2) is 0 Å². The standard InChI is InChI=1S/C15H24N2O2/c18-14(11-4-1-2-5-11)16-13-8-9-17(10-13)15(19)12-6-3-7-12/h11-13H,1-10H2,(H,16,18)/t13-/m0/s1. The predicted octanol–water partition coefficient (Wildman–Crippen LogP) is 1.69. The molecule has 19 heavy (non-hydrogen) atoms. The second kappa shape index (κ2) is 5.51. The maximum absolute atomic E-state index is 12.1. The van der Waals surface area contributed by atoms with Crippen LogP contribution in [0.15, 0.2) is 0 Å². The molecule has 4 heteroatoms. The van der Waals surface area contributed by atoms with Crippen LogP contribution in [0.2, 0.25) is 0 Å². The van der Waals surface area contributed by atoms with Crippen LogP contribution in [-0.2, 0) is 9.59 Å². The van der Waals surface area contributed by atoms with Crippen molar-refractivity contribution in [1.29, 1.82) is 0 Å². The van der Waals surface area contributed by atoms with Crippen LogP contribution in [0, 0.1) is 11.8 Å². The molecule has 1 heterocycles. The number of nitrogens with one attached hydrogen (secondary N) is 1. The molecule has 3 rings (SSSR count). The second-order valence-electron chi connectivity index (χ2n) is 6.39. The summed E-state index contributed by atoms with van der Waals surface area (Å²) in [4.78, 5) is 26.2. The van der Waals surface area contributed by atoms with Gasteiger partial charge in [0.05, 0.1) is 0 Å². The summed E-state index contributed by atoms with van der Waals surface area (Å²) in [6.07, 6.45) is 8.72. The molecule has 1 aliphatic heterocycles. The lowest BCUT2D eigenvalue weighted by molar-refractivity contribution is -0.137. The highest BCUT2D eigenvalue weighted by Gasteiger charge is 2.34. The summed E-state index contributed by atoms with van der Waals surface area (Å²) >= 11 is 0. The maximum Gasteiger partial charge on any atom is 0.225 e. The average Bonchev–Trinajstić information content (AvgIpc) is 2.97. The van der Waals surface area contributed by atoms with Gasteiger partial charge in [0, 0.05) is 31.0 Å². The van der Waals surface area contributed by atoms with Crippen molar-refractivity contribution in [3.8, 4) is 0 Å². The van der Waals surface area contributed by atoms with Gasteiger partial charge in [0.1, 0.15) is 0 Å². The number of hydrogen-bond donors (Lipinski definition) is 1. The molecule has 1 N–H and O–H groups in total. The summed E-state index contributed by atoms with van der Waals surface area (Å²) in [5, 5.41) is 3.15. The van der Waals surface area contributed by atoms with E-state index in [-0.39, 0.29) is 23.8 Å². The number of carbonyl (C=O) groups is 2. The number of likely N-dealkylation sites (tertiary alicyclic amines) is 1. The lowest BCUT2D eigenvalue weighted by Gasteiger charge is -2.29. The number of amides is 2. The first-order chi connectivity index (χ1) is 9.24. The Morgan fingerprint density at radius 2 is 1.58 bits per heavy atom. The molecule has 0 spiro atoms. The van der Waals surface area contributed by atoms with E-state index in [0.29, 0.717) is 5.91 Å². The van der Waals surface area contributed by atoms with Crippen LogP contribution >= 0.6 is 0 Å². The summed E-state index contributed by atoms with van der Waals surface area (Å²) < 4.78 is 0. The highest BCUT2D eigenvalue weighted by atomic mass is 16.2. The van der Waals surface area contributed by atoms with Gasteiger partial charge < -0.3 is 10.2 Å². The number of rotatable bonds is 3. The third-order valence-electron chi connectivity index (χ3n) is 5.03. The Bertz CT molecular complexity index is 359. The zero-order chi connectivity index (χ0) is 13.2. The van der Waals surface area contributed by atoms with Gasteiger partial charge >= 0.3 is 0 Å². The van der Waals surface area contributed by atoms with Gasteiger partial charge in [0.15, 0.2) is 0 Å². The average molecular weight is 264 g/mol. The Morgan fingerprint density at radius 3 is 2.21 bits per heavy atom. The van der Waals surface area contributed by atoms with E-state index in [2.05, 4.69) is 5.32 Å². The summed E-state index contributed by atoms with van der Waals surface area (Å²) in [6.45, 7) is 1.55. The van der Waals surface area contributed by atoms with Crippen LogP contribution in [0.1, 0.15) is 51.4 Å². The van der Waals surface area contributed by atoms with E-state index < -0.39 is 0 Å². The minimum absolute atomic E-state index is 0.192. The molecule has 2 saturated carbocycles. The fraction of sp³-hybridized carbons (Fsp3) is 0.867. The number of hydrogen-bond acceptors (Lipinski definition) is 2. The summed E-state index contributed by atoms with van der Waals surface area (Å²) in [5.74, 6) is 1.06. The minimum Gasteiger partial charge on any atom is -0.351 e. The van der Waals surface area contributed by atoms with Crippen molar-refractivity contribution in [1.82, 2.24) is 10.2 Å². The zero-order valence-electron chi connectivity index (χ0n) is 11.6. The number of carbonyl (C=O) groups excluding carboxylic acids is 2. The topological polar surface area (TPSA) is 49.4 Å². The van der Waals surface area contributed by atoms with Crippen molar-refractivity contribution in [3.05, 3.63) is 0 Å². The van der Waals surface area contributed by atoms with Crippen molar-refractivity contribution >= 4 is 11.8 Å². The van der Waals surface area contributed by atoms with Crippen molar-refractivity contribution in [2.45, 2.75) is 57.4 Å². The Kier molecular flexibility index (Phi) is 3.76. The first-order valence-electron chi connectivity index (χ1n) is 7.83. The first kappa shape index (κ1) is 12.9. The molecule has 1 atom stereocenters. The Hall–Kier alpha value is -1.06. The van der Waals surface area contributed by atoms with Gasteiger partial charge in [-0.2, -0.15) is 0 Å². The smallest absolute Gasteiger partial charge is 0.225 e. The van der Waals surface area contributed by atoms with Gasteiger partial charge in [0.25, 0.3) is 0 Å². The molecule has 0 radical (unpaired) electrons. The van der Waals surface area contributed by atoms with Crippen LogP contribution < -0.4 is 5.32 Å². The molecular formula is C15H24N2O2. The Balaban J connectivity index is 1.45. The molecule has 0 aromatic rings. The third-order valence-corrected chi connectivity index (χ3v) is 5.03. The number of nitrogens with zero attached hydrogens (tertiary/aromatic N) is 1. The molecule has 0 bridgehead atoms. The zero-order valence-corrected chi connectivity index (χ0v) is 11.6. The molecule has 2 amide bonds. The van der Waals surface area contributed by atoms with Crippen molar-refractivity contribution < 1.29 is 9.59 Å². The molecule has 4 nitrogen and oxygen atoms in total. The van der Waals surface area contributed by atoms with Crippen LogP contribution in [0.4, 0.5) is 0 Å². The van der Waals surface area contributed by atoms with Crippen LogP contribution in [0.3, 0.4) is 0 Å². The molecular weight excluding hydrogens is 240 g/mol. The summed E-state index contributed by atoms with van der Waals surface area (Å²) in [6, 6.07) is 0.192. The highest BCUT2D eigenvalue weighted by molar-refractivity contribution is 5.81. The molecule has 3 aliphatic rings. The van der Waals surface area contributed by atoms with Crippen molar-refractivity contribution in [2.75, 3.05) is 13.1 Å².